The summed E-state index contributed by atoms with van der Waals surface area (Å²) < 4.78 is 36.6. The number of nitrogens with one attached hydrogen (secondary N) is 1. The van der Waals surface area contributed by atoms with Crippen LogP contribution in [0.2, 0.25) is 0 Å². The van der Waals surface area contributed by atoms with E-state index in [1.807, 2.05) is 0 Å². The molecule has 0 radical (unpaired) electrons. The lowest BCUT2D eigenvalue weighted by Crippen LogP contribution is -2.14. The van der Waals surface area contributed by atoms with E-state index >= 15 is 0 Å². The van der Waals surface area contributed by atoms with Gasteiger partial charge in [-0.2, -0.15) is 0 Å². The van der Waals surface area contributed by atoms with Gasteiger partial charge >= 0.3 is 0 Å². The highest BCUT2D eigenvalue weighted by Gasteiger charge is 2.14. The minimum absolute atomic E-state index is 0.119. The third-order valence-corrected chi connectivity index (χ3v) is 4.85. The summed E-state index contributed by atoms with van der Waals surface area (Å²) in [5.41, 5.74) is -0.119. The van der Waals surface area contributed by atoms with Gasteiger partial charge < -0.3 is 5.32 Å². The fourth-order valence-corrected chi connectivity index (χ4v) is 3.20. The van der Waals surface area contributed by atoms with Crippen molar-refractivity contribution in [3.63, 3.8) is 0 Å². The average Bonchev–Trinajstić information content (AvgIpc) is 2.77. The molecule has 2 aromatic rings. The van der Waals surface area contributed by atoms with Crippen LogP contribution >= 0.6 is 27.3 Å². The predicted molar refractivity (Wildman–Crippen MR) is 77.7 cm³/mol. The van der Waals surface area contributed by atoms with Crippen LogP contribution in [0, 0.1) is 5.82 Å². The van der Waals surface area contributed by atoms with E-state index in [0.717, 1.165) is 22.0 Å². The Morgan fingerprint density at radius 3 is 2.50 bits per heavy atom. The Balaban J connectivity index is 2.25. The first kappa shape index (κ1) is 15.1. The number of sulfonamides is 1. The van der Waals surface area contributed by atoms with E-state index in [1.54, 1.807) is 12.1 Å². The second-order valence-corrected chi connectivity index (χ2v) is 7.77. The van der Waals surface area contributed by atoms with E-state index in [1.165, 1.54) is 11.3 Å². The van der Waals surface area contributed by atoms with E-state index in [9.17, 15) is 17.6 Å². The van der Waals surface area contributed by atoms with E-state index in [-0.39, 0.29) is 10.6 Å². The van der Waals surface area contributed by atoms with Crippen molar-refractivity contribution in [2.75, 3.05) is 5.32 Å². The molecule has 0 aliphatic carbocycles. The fourth-order valence-electron chi connectivity index (χ4n) is 1.39. The Kier molecular flexibility index (Phi) is 4.23. The summed E-state index contributed by atoms with van der Waals surface area (Å²) in [7, 11) is -3.98. The van der Waals surface area contributed by atoms with Crippen molar-refractivity contribution in [2.45, 2.75) is 4.90 Å². The number of carbonyl (C=O) groups excluding carboxylic acids is 1. The van der Waals surface area contributed by atoms with E-state index in [2.05, 4.69) is 21.2 Å². The molecular weight excluding hydrogens is 371 g/mol. The topological polar surface area (TPSA) is 89.3 Å². The van der Waals surface area contributed by atoms with E-state index in [4.69, 9.17) is 5.14 Å². The number of carbonyl (C=O) groups is 1. The molecule has 1 aromatic carbocycles. The van der Waals surface area contributed by atoms with Gasteiger partial charge in [-0.3, -0.25) is 4.79 Å². The molecule has 0 aliphatic rings. The van der Waals surface area contributed by atoms with Crippen LogP contribution in [0.15, 0.2) is 39.0 Å². The van der Waals surface area contributed by atoms with Gasteiger partial charge in [0.1, 0.15) is 5.82 Å². The van der Waals surface area contributed by atoms with Gasteiger partial charge in [0, 0.05) is 0 Å². The largest absolute Gasteiger partial charge is 0.319 e. The van der Waals surface area contributed by atoms with Crippen LogP contribution in [0.3, 0.4) is 0 Å². The van der Waals surface area contributed by atoms with E-state index in [0.29, 0.717) is 4.88 Å². The number of hydrogen-bond donors (Lipinski definition) is 2. The second kappa shape index (κ2) is 5.60. The lowest BCUT2D eigenvalue weighted by Gasteiger charge is -2.06. The minimum Gasteiger partial charge on any atom is -0.319 e. The summed E-state index contributed by atoms with van der Waals surface area (Å²) in [6.45, 7) is 0. The van der Waals surface area contributed by atoms with Gasteiger partial charge in [-0.25, -0.2) is 17.9 Å². The number of amides is 1. The molecule has 0 aliphatic heterocycles. The summed E-state index contributed by atoms with van der Waals surface area (Å²) in [5.74, 6) is -1.36. The maximum absolute atomic E-state index is 13.7. The van der Waals surface area contributed by atoms with Crippen molar-refractivity contribution in [1.82, 2.24) is 0 Å². The van der Waals surface area contributed by atoms with Gasteiger partial charge in [0.25, 0.3) is 5.91 Å². The number of thiophene rings is 1. The molecule has 0 unspecified atom stereocenters. The Morgan fingerprint density at radius 1 is 1.30 bits per heavy atom. The van der Waals surface area contributed by atoms with Crippen LogP contribution in [0.4, 0.5) is 10.1 Å². The lowest BCUT2D eigenvalue weighted by atomic mass is 10.3. The average molecular weight is 379 g/mol. The number of halogens is 2. The molecule has 1 amide bonds. The normalized spacial score (nSPS) is 11.3. The van der Waals surface area contributed by atoms with E-state index < -0.39 is 21.7 Å². The van der Waals surface area contributed by atoms with Crippen molar-refractivity contribution in [1.29, 1.82) is 0 Å². The molecule has 5 nitrogen and oxygen atoms in total. The molecule has 9 heteroatoms. The molecule has 0 spiro atoms. The summed E-state index contributed by atoms with van der Waals surface area (Å²) in [6, 6.07) is 6.31. The van der Waals surface area contributed by atoms with Gasteiger partial charge in [0.15, 0.2) is 0 Å². The van der Waals surface area contributed by atoms with Crippen molar-refractivity contribution >= 4 is 48.9 Å². The van der Waals surface area contributed by atoms with Gasteiger partial charge in [0.05, 0.1) is 19.2 Å². The molecule has 3 N–H and O–H groups in total. The van der Waals surface area contributed by atoms with Crippen LogP contribution in [0.5, 0.6) is 0 Å². The summed E-state index contributed by atoms with van der Waals surface area (Å²) in [6.07, 6.45) is 0. The molecule has 2 rings (SSSR count). The predicted octanol–water partition coefficient (Wildman–Crippen LogP) is 2.55. The Bertz CT molecular complexity index is 774. The van der Waals surface area contributed by atoms with Crippen molar-refractivity contribution < 1.29 is 17.6 Å². The van der Waals surface area contributed by atoms with Gasteiger partial charge in [-0.05, 0) is 46.3 Å². The number of nitrogens with two attached hydrogens (primary N) is 1. The first-order valence-electron chi connectivity index (χ1n) is 5.16. The summed E-state index contributed by atoms with van der Waals surface area (Å²) in [5, 5.41) is 7.24. The van der Waals surface area contributed by atoms with Crippen molar-refractivity contribution in [3.05, 3.63) is 44.8 Å². The van der Waals surface area contributed by atoms with Crippen LogP contribution in [-0.2, 0) is 10.0 Å². The third-order valence-electron chi connectivity index (χ3n) is 2.31. The third kappa shape index (κ3) is 3.42. The standard InChI is InChI=1S/C11H8BrFN2O3S2/c12-10-4-3-9(19-10)11(16)15-8-2-1-6(5-7(8)13)20(14,17)18/h1-5H,(H,15,16)(H2,14,17,18). The molecule has 0 saturated carbocycles. The van der Waals surface area contributed by atoms with Crippen LogP contribution in [-0.4, -0.2) is 14.3 Å². The smallest absolute Gasteiger partial charge is 0.265 e. The molecule has 0 saturated heterocycles. The summed E-state index contributed by atoms with van der Waals surface area (Å²) in [4.78, 5) is 11.9. The maximum Gasteiger partial charge on any atom is 0.265 e. The zero-order valence-corrected chi connectivity index (χ0v) is 13.0. The number of primary sulfonamides is 1. The maximum atomic E-state index is 13.7. The number of benzene rings is 1. The molecule has 20 heavy (non-hydrogen) atoms. The SMILES string of the molecule is NS(=O)(=O)c1ccc(NC(=O)c2ccc(Br)s2)c(F)c1. The minimum atomic E-state index is -3.98. The van der Waals surface area contributed by atoms with Gasteiger partial charge in [-0.1, -0.05) is 0 Å². The molecule has 1 heterocycles. The molecule has 106 valence electrons. The second-order valence-electron chi connectivity index (χ2n) is 3.74. The molecule has 0 atom stereocenters. The Labute approximate surface area is 126 Å². The fraction of sp³-hybridized carbons (Fsp3) is 0. The first-order chi connectivity index (χ1) is 9.27. The van der Waals surface area contributed by atoms with Crippen LogP contribution in [0.1, 0.15) is 9.67 Å². The zero-order valence-electron chi connectivity index (χ0n) is 9.76. The Hall–Kier alpha value is -1.29. The monoisotopic (exact) mass is 378 g/mol. The molecular formula is C11H8BrFN2O3S2. The number of anilines is 1. The highest BCUT2D eigenvalue weighted by atomic mass is 79.9. The van der Waals surface area contributed by atoms with Gasteiger partial charge in [0.2, 0.25) is 10.0 Å². The highest BCUT2D eigenvalue weighted by molar-refractivity contribution is 9.11. The number of rotatable bonds is 3. The van der Waals surface area contributed by atoms with Crippen LogP contribution in [0.25, 0.3) is 0 Å². The molecule has 1 aromatic heterocycles. The van der Waals surface area contributed by atoms with Gasteiger partial charge in [-0.15, -0.1) is 11.3 Å². The molecule has 0 bridgehead atoms. The van der Waals surface area contributed by atoms with Crippen molar-refractivity contribution in [2.24, 2.45) is 5.14 Å². The molecule has 0 fully saturated rings. The highest BCUT2D eigenvalue weighted by Crippen LogP contribution is 2.24. The first-order valence-corrected chi connectivity index (χ1v) is 8.32. The van der Waals surface area contributed by atoms with Crippen LogP contribution < -0.4 is 10.5 Å². The lowest BCUT2D eigenvalue weighted by molar-refractivity contribution is 0.103. The Morgan fingerprint density at radius 2 is 2.00 bits per heavy atom. The van der Waals surface area contributed by atoms with Crippen molar-refractivity contribution in [3.8, 4) is 0 Å². The quantitative estimate of drug-likeness (QED) is 0.859. The number of hydrogen-bond acceptors (Lipinski definition) is 4. The zero-order chi connectivity index (χ0) is 14.9. The summed E-state index contributed by atoms with van der Waals surface area (Å²) >= 11 is 4.41.